The number of aromatic hydroxyl groups is 1. The molecule has 1 N–H and O–H groups in total. The quantitative estimate of drug-likeness (QED) is 0.523. The van der Waals surface area contributed by atoms with Crippen molar-refractivity contribution < 1.29 is 5.11 Å². The molecule has 1 nitrogen and oxygen atoms in total. The zero-order chi connectivity index (χ0) is 14.8. The van der Waals surface area contributed by atoms with Crippen molar-refractivity contribution in [2.45, 2.75) is 72.1 Å². The second-order valence-electron chi connectivity index (χ2n) is 6.30. The Hall–Kier alpha value is -0.980. The first-order valence-corrected chi connectivity index (χ1v) is 8.44. The Kier molecular flexibility index (Phi) is 8.41. The van der Waals surface area contributed by atoms with Gasteiger partial charge >= 0.3 is 0 Å². The summed E-state index contributed by atoms with van der Waals surface area (Å²) in [5, 5.41) is 9.85. The molecule has 1 rings (SSSR count). The Morgan fingerprint density at radius 1 is 1.05 bits per heavy atom. The normalized spacial score (nSPS) is 14.2. The van der Waals surface area contributed by atoms with Crippen LogP contribution in [0.25, 0.3) is 0 Å². The van der Waals surface area contributed by atoms with Gasteiger partial charge in [-0.1, -0.05) is 77.5 Å². The Morgan fingerprint density at radius 3 is 2.45 bits per heavy atom. The van der Waals surface area contributed by atoms with Crippen LogP contribution >= 0.6 is 0 Å². The lowest BCUT2D eigenvalue weighted by Crippen LogP contribution is -2.08. The van der Waals surface area contributed by atoms with Gasteiger partial charge in [0.25, 0.3) is 0 Å². The van der Waals surface area contributed by atoms with Crippen molar-refractivity contribution in [1.82, 2.24) is 0 Å². The summed E-state index contributed by atoms with van der Waals surface area (Å²) in [4.78, 5) is 0. The van der Waals surface area contributed by atoms with Crippen molar-refractivity contribution in [3.05, 3.63) is 29.8 Å². The number of para-hydroxylation sites is 1. The standard InChI is InChI=1S/C19H32O/c1-4-6-7-8-11-17(5-2)14-16(3)15-18-12-9-10-13-19(18)20/h9-10,12-13,16-17,20H,4-8,11,14-15H2,1-3H3. The highest BCUT2D eigenvalue weighted by Crippen LogP contribution is 2.26. The molecule has 1 aromatic rings. The van der Waals surface area contributed by atoms with Crippen molar-refractivity contribution in [1.29, 1.82) is 0 Å². The van der Waals surface area contributed by atoms with Gasteiger partial charge in [0, 0.05) is 0 Å². The van der Waals surface area contributed by atoms with E-state index >= 15 is 0 Å². The Morgan fingerprint density at radius 2 is 1.80 bits per heavy atom. The minimum atomic E-state index is 0.454. The fourth-order valence-corrected chi connectivity index (χ4v) is 3.06. The summed E-state index contributed by atoms with van der Waals surface area (Å²) in [6.07, 6.45) is 10.4. The second kappa shape index (κ2) is 9.85. The van der Waals surface area contributed by atoms with Gasteiger partial charge in [-0.25, -0.2) is 0 Å². The number of rotatable bonds is 10. The summed E-state index contributed by atoms with van der Waals surface area (Å²) in [5.74, 6) is 1.96. The number of phenolic OH excluding ortho intramolecular Hbond substituents is 1. The average Bonchev–Trinajstić information content (AvgIpc) is 2.44. The maximum atomic E-state index is 9.85. The maximum absolute atomic E-state index is 9.85. The van der Waals surface area contributed by atoms with Crippen LogP contribution in [-0.4, -0.2) is 5.11 Å². The molecule has 2 unspecified atom stereocenters. The van der Waals surface area contributed by atoms with Gasteiger partial charge in [0.1, 0.15) is 5.75 Å². The van der Waals surface area contributed by atoms with Crippen LogP contribution in [0.15, 0.2) is 24.3 Å². The molecule has 0 spiro atoms. The highest BCUT2D eigenvalue weighted by atomic mass is 16.3. The molecule has 0 radical (unpaired) electrons. The van der Waals surface area contributed by atoms with E-state index in [2.05, 4.69) is 20.8 Å². The van der Waals surface area contributed by atoms with Crippen molar-refractivity contribution in [3.8, 4) is 5.75 Å². The van der Waals surface area contributed by atoms with Crippen LogP contribution in [0.4, 0.5) is 0 Å². The number of phenols is 1. The van der Waals surface area contributed by atoms with Gasteiger partial charge < -0.3 is 5.11 Å². The monoisotopic (exact) mass is 276 g/mol. The van der Waals surface area contributed by atoms with Gasteiger partial charge in [-0.3, -0.25) is 0 Å². The minimum Gasteiger partial charge on any atom is -0.508 e. The zero-order valence-electron chi connectivity index (χ0n) is 13.6. The molecule has 114 valence electrons. The SMILES string of the molecule is CCCCCCC(CC)CC(C)Cc1ccccc1O. The molecule has 0 aliphatic heterocycles. The molecular formula is C19H32O. The lowest BCUT2D eigenvalue weighted by atomic mass is 9.86. The van der Waals surface area contributed by atoms with E-state index in [0.717, 1.165) is 17.9 Å². The lowest BCUT2D eigenvalue weighted by Gasteiger charge is -2.20. The van der Waals surface area contributed by atoms with Gasteiger partial charge in [-0.2, -0.15) is 0 Å². The Bertz CT molecular complexity index is 359. The van der Waals surface area contributed by atoms with E-state index in [1.165, 1.54) is 44.9 Å². The third-order valence-corrected chi connectivity index (χ3v) is 4.34. The smallest absolute Gasteiger partial charge is 0.118 e. The average molecular weight is 276 g/mol. The van der Waals surface area contributed by atoms with Crippen LogP contribution < -0.4 is 0 Å². The molecule has 20 heavy (non-hydrogen) atoms. The predicted octanol–water partition coefficient (Wildman–Crippen LogP) is 5.96. The number of hydrogen-bond donors (Lipinski definition) is 1. The highest BCUT2D eigenvalue weighted by molar-refractivity contribution is 5.31. The Balaban J connectivity index is 2.35. The highest BCUT2D eigenvalue weighted by Gasteiger charge is 2.13. The first-order valence-electron chi connectivity index (χ1n) is 8.44. The first-order chi connectivity index (χ1) is 9.67. The van der Waals surface area contributed by atoms with Crippen LogP contribution in [-0.2, 0) is 6.42 Å². The summed E-state index contributed by atoms with van der Waals surface area (Å²) in [5.41, 5.74) is 1.10. The molecule has 0 amide bonds. The van der Waals surface area contributed by atoms with E-state index in [9.17, 15) is 5.11 Å². The maximum Gasteiger partial charge on any atom is 0.118 e. The number of benzene rings is 1. The summed E-state index contributed by atoms with van der Waals surface area (Å²) in [6, 6.07) is 7.76. The van der Waals surface area contributed by atoms with Gasteiger partial charge in [-0.15, -0.1) is 0 Å². The molecule has 0 bridgehead atoms. The van der Waals surface area contributed by atoms with E-state index in [-0.39, 0.29) is 0 Å². The Labute approximate surface area is 125 Å². The zero-order valence-corrected chi connectivity index (χ0v) is 13.6. The van der Waals surface area contributed by atoms with E-state index < -0.39 is 0 Å². The molecule has 0 saturated heterocycles. The molecule has 2 atom stereocenters. The van der Waals surface area contributed by atoms with Crippen LogP contribution in [0.1, 0.15) is 71.3 Å². The third-order valence-electron chi connectivity index (χ3n) is 4.34. The van der Waals surface area contributed by atoms with Crippen molar-refractivity contribution in [3.63, 3.8) is 0 Å². The molecule has 0 heterocycles. The predicted molar refractivity (Wildman–Crippen MR) is 88.1 cm³/mol. The van der Waals surface area contributed by atoms with Crippen molar-refractivity contribution in [2.24, 2.45) is 11.8 Å². The molecule has 0 saturated carbocycles. The molecule has 0 aliphatic carbocycles. The van der Waals surface area contributed by atoms with Gasteiger partial charge in [0.2, 0.25) is 0 Å². The first kappa shape index (κ1) is 17.1. The van der Waals surface area contributed by atoms with E-state index in [1.807, 2.05) is 18.2 Å². The van der Waals surface area contributed by atoms with E-state index in [0.29, 0.717) is 11.7 Å². The molecule has 0 aliphatic rings. The van der Waals surface area contributed by atoms with E-state index in [4.69, 9.17) is 0 Å². The van der Waals surface area contributed by atoms with Crippen LogP contribution in [0.2, 0.25) is 0 Å². The van der Waals surface area contributed by atoms with Crippen LogP contribution in [0.5, 0.6) is 5.75 Å². The lowest BCUT2D eigenvalue weighted by molar-refractivity contribution is 0.344. The van der Waals surface area contributed by atoms with E-state index in [1.54, 1.807) is 6.07 Å². The molecule has 0 aromatic heterocycles. The number of unbranched alkanes of at least 4 members (excludes halogenated alkanes) is 3. The molecule has 1 aromatic carbocycles. The van der Waals surface area contributed by atoms with Gasteiger partial charge in [0.15, 0.2) is 0 Å². The largest absolute Gasteiger partial charge is 0.508 e. The molecule has 1 heteroatoms. The summed E-state index contributed by atoms with van der Waals surface area (Å²) in [7, 11) is 0. The summed E-state index contributed by atoms with van der Waals surface area (Å²) in [6.45, 7) is 6.91. The topological polar surface area (TPSA) is 20.2 Å². The fourth-order valence-electron chi connectivity index (χ4n) is 3.06. The fraction of sp³-hybridized carbons (Fsp3) is 0.684. The van der Waals surface area contributed by atoms with Crippen molar-refractivity contribution >= 4 is 0 Å². The summed E-state index contributed by atoms with van der Waals surface area (Å²) < 4.78 is 0. The molecule has 0 fully saturated rings. The number of hydrogen-bond acceptors (Lipinski definition) is 1. The third kappa shape index (κ3) is 6.45. The second-order valence-corrected chi connectivity index (χ2v) is 6.30. The van der Waals surface area contributed by atoms with Crippen LogP contribution in [0.3, 0.4) is 0 Å². The van der Waals surface area contributed by atoms with Gasteiger partial charge in [0.05, 0.1) is 0 Å². The van der Waals surface area contributed by atoms with Gasteiger partial charge in [-0.05, 0) is 36.3 Å². The van der Waals surface area contributed by atoms with Crippen molar-refractivity contribution in [2.75, 3.05) is 0 Å². The van der Waals surface area contributed by atoms with Crippen LogP contribution in [0, 0.1) is 11.8 Å². The summed E-state index contributed by atoms with van der Waals surface area (Å²) >= 11 is 0. The molecular weight excluding hydrogens is 244 g/mol. The minimum absolute atomic E-state index is 0.454.